The molecule has 0 aromatic carbocycles. The smallest absolute Gasteiger partial charge is 0.380 e. The molecular weight excluding hydrogens is 343 g/mol. The van der Waals surface area contributed by atoms with Crippen molar-refractivity contribution in [2.24, 2.45) is 0 Å². The van der Waals surface area contributed by atoms with Crippen LogP contribution in [0, 0.1) is 0 Å². The van der Waals surface area contributed by atoms with Gasteiger partial charge in [0.05, 0.1) is 24.1 Å². The molecule has 0 saturated carbocycles. The van der Waals surface area contributed by atoms with Crippen molar-refractivity contribution in [3.8, 4) is 0 Å². The second-order valence-electron chi connectivity index (χ2n) is 5.69. The molecule has 2 rings (SSSR count). The van der Waals surface area contributed by atoms with E-state index in [1.165, 1.54) is 6.20 Å². The first-order chi connectivity index (χ1) is 12.5. The molecular formula is C18H22F3N5. The quantitative estimate of drug-likeness (QED) is 0.440. The van der Waals surface area contributed by atoms with Crippen LogP contribution in [0.4, 0.5) is 13.2 Å². The number of aromatic nitrogens is 4. The average molecular weight is 365 g/mol. The third kappa shape index (κ3) is 5.11. The number of rotatable bonds is 9. The third-order valence-electron chi connectivity index (χ3n) is 3.78. The van der Waals surface area contributed by atoms with Crippen LogP contribution in [-0.4, -0.2) is 20.4 Å². The summed E-state index contributed by atoms with van der Waals surface area (Å²) in [6, 6.07) is -0.655. The van der Waals surface area contributed by atoms with Crippen LogP contribution in [0.15, 0.2) is 37.3 Å². The number of halogens is 3. The number of nitrogens with zero attached hydrogens (tertiary/aromatic N) is 2. The minimum Gasteiger partial charge on any atom is -0.380 e. The van der Waals surface area contributed by atoms with Crippen LogP contribution in [0.3, 0.4) is 0 Å². The molecule has 0 aliphatic carbocycles. The lowest BCUT2D eigenvalue weighted by Gasteiger charge is -2.15. The maximum atomic E-state index is 13.2. The van der Waals surface area contributed by atoms with Crippen molar-refractivity contribution < 1.29 is 13.2 Å². The molecule has 0 aliphatic heterocycles. The SMILES string of the molecule is C=Cc1[nH]ncc1/C=C/NC(/C=C/CCCC)c1cn[nH]c1C(F)(F)F. The van der Waals surface area contributed by atoms with Gasteiger partial charge in [0.25, 0.3) is 0 Å². The molecule has 1 unspecified atom stereocenters. The number of aromatic amines is 2. The second kappa shape index (κ2) is 9.07. The van der Waals surface area contributed by atoms with Gasteiger partial charge in [0, 0.05) is 11.1 Å². The van der Waals surface area contributed by atoms with Crippen LogP contribution >= 0.6 is 0 Å². The Labute approximate surface area is 150 Å². The lowest BCUT2D eigenvalue weighted by Crippen LogP contribution is -2.18. The number of H-pyrrole nitrogens is 2. The summed E-state index contributed by atoms with van der Waals surface area (Å²) in [5.74, 6) is 0. The van der Waals surface area contributed by atoms with E-state index in [1.54, 1.807) is 30.6 Å². The predicted molar refractivity (Wildman–Crippen MR) is 95.8 cm³/mol. The van der Waals surface area contributed by atoms with Gasteiger partial charge in [-0.25, -0.2) is 0 Å². The van der Waals surface area contributed by atoms with Gasteiger partial charge in [-0.05, 0) is 24.8 Å². The van der Waals surface area contributed by atoms with Crippen LogP contribution in [-0.2, 0) is 6.18 Å². The van der Waals surface area contributed by atoms with Gasteiger partial charge in [-0.3, -0.25) is 10.2 Å². The van der Waals surface area contributed by atoms with Gasteiger partial charge in [-0.15, -0.1) is 0 Å². The normalized spacial score (nSPS) is 13.5. The Bertz CT molecular complexity index is 755. The van der Waals surface area contributed by atoms with Gasteiger partial charge in [-0.2, -0.15) is 23.4 Å². The van der Waals surface area contributed by atoms with E-state index in [0.29, 0.717) is 0 Å². The molecule has 0 aliphatic rings. The molecule has 0 fully saturated rings. The highest BCUT2D eigenvalue weighted by molar-refractivity contribution is 5.60. The van der Waals surface area contributed by atoms with Gasteiger partial charge >= 0.3 is 6.18 Å². The summed E-state index contributed by atoms with van der Waals surface area (Å²) in [6.45, 7) is 5.73. The Morgan fingerprint density at radius 1 is 1.27 bits per heavy atom. The van der Waals surface area contributed by atoms with E-state index in [9.17, 15) is 13.2 Å². The minimum absolute atomic E-state index is 0.0473. The number of allylic oxidation sites excluding steroid dienone is 1. The highest BCUT2D eigenvalue weighted by atomic mass is 19.4. The zero-order chi connectivity index (χ0) is 19.0. The van der Waals surface area contributed by atoms with Crippen LogP contribution in [0.1, 0.15) is 54.7 Å². The maximum absolute atomic E-state index is 13.2. The van der Waals surface area contributed by atoms with Gasteiger partial charge in [0.1, 0.15) is 5.69 Å². The van der Waals surface area contributed by atoms with E-state index in [4.69, 9.17) is 0 Å². The zero-order valence-electron chi connectivity index (χ0n) is 14.5. The first-order valence-electron chi connectivity index (χ1n) is 8.32. The standard InChI is InChI=1S/C18H22F3N5/c1-3-5-6-7-8-16(14-12-24-26-17(14)18(19,20)21)22-10-9-13-11-23-25-15(13)4-2/h4,7-12,16,22H,2-3,5-6H2,1H3,(H,23,25)(H,24,26)/b8-7+,10-9+. The monoisotopic (exact) mass is 365 g/mol. The number of alkyl halides is 3. The van der Waals surface area contributed by atoms with Crippen molar-refractivity contribution in [1.29, 1.82) is 0 Å². The van der Waals surface area contributed by atoms with Gasteiger partial charge in [-0.1, -0.05) is 38.5 Å². The predicted octanol–water partition coefficient (Wildman–Crippen LogP) is 4.84. The summed E-state index contributed by atoms with van der Waals surface area (Å²) in [5.41, 5.74) is 0.714. The first kappa shape index (κ1) is 19.6. The molecule has 2 aromatic rings. The van der Waals surface area contributed by atoms with Crippen LogP contribution in [0.25, 0.3) is 12.2 Å². The number of unbranched alkanes of at least 4 members (excludes halogenated alkanes) is 2. The van der Waals surface area contributed by atoms with Crippen LogP contribution in [0.2, 0.25) is 0 Å². The van der Waals surface area contributed by atoms with Crippen molar-refractivity contribution >= 4 is 12.2 Å². The van der Waals surface area contributed by atoms with E-state index < -0.39 is 17.9 Å². The molecule has 140 valence electrons. The molecule has 0 saturated heterocycles. The fourth-order valence-corrected chi connectivity index (χ4v) is 2.40. The third-order valence-corrected chi connectivity index (χ3v) is 3.78. The molecule has 0 amide bonds. The Kier molecular flexibility index (Phi) is 6.82. The maximum Gasteiger partial charge on any atom is 0.433 e. The van der Waals surface area contributed by atoms with Crippen molar-refractivity contribution in [3.05, 3.63) is 59.8 Å². The van der Waals surface area contributed by atoms with Gasteiger partial charge < -0.3 is 5.32 Å². The van der Waals surface area contributed by atoms with Crippen molar-refractivity contribution in [1.82, 2.24) is 25.7 Å². The first-order valence-corrected chi connectivity index (χ1v) is 8.32. The molecule has 0 bridgehead atoms. The second-order valence-corrected chi connectivity index (χ2v) is 5.69. The molecule has 1 atom stereocenters. The largest absolute Gasteiger partial charge is 0.433 e. The lowest BCUT2D eigenvalue weighted by atomic mass is 10.1. The molecule has 0 radical (unpaired) electrons. The van der Waals surface area contributed by atoms with Crippen LogP contribution in [0.5, 0.6) is 0 Å². The topological polar surface area (TPSA) is 69.4 Å². The number of hydrogen-bond acceptors (Lipinski definition) is 3. The molecule has 5 nitrogen and oxygen atoms in total. The summed E-state index contributed by atoms with van der Waals surface area (Å²) >= 11 is 0. The fourth-order valence-electron chi connectivity index (χ4n) is 2.40. The summed E-state index contributed by atoms with van der Waals surface area (Å²) in [6.07, 6.45) is 9.67. The molecule has 2 heterocycles. The number of nitrogens with one attached hydrogen (secondary N) is 3. The van der Waals surface area contributed by atoms with Crippen molar-refractivity contribution in [3.63, 3.8) is 0 Å². The Balaban J connectivity index is 2.20. The highest BCUT2D eigenvalue weighted by Crippen LogP contribution is 2.33. The molecule has 2 aromatic heterocycles. The summed E-state index contributed by atoms with van der Waals surface area (Å²) in [4.78, 5) is 0. The van der Waals surface area contributed by atoms with E-state index in [0.717, 1.165) is 30.5 Å². The van der Waals surface area contributed by atoms with E-state index >= 15 is 0 Å². The van der Waals surface area contributed by atoms with E-state index in [1.807, 2.05) is 11.2 Å². The van der Waals surface area contributed by atoms with Crippen molar-refractivity contribution in [2.75, 3.05) is 0 Å². The van der Waals surface area contributed by atoms with Gasteiger partial charge in [0.2, 0.25) is 0 Å². The molecule has 26 heavy (non-hydrogen) atoms. The zero-order valence-corrected chi connectivity index (χ0v) is 14.5. The summed E-state index contributed by atoms with van der Waals surface area (Å²) in [5, 5.41) is 15.3. The van der Waals surface area contributed by atoms with Gasteiger partial charge in [0.15, 0.2) is 0 Å². The molecule has 0 spiro atoms. The van der Waals surface area contributed by atoms with Crippen molar-refractivity contribution in [2.45, 2.75) is 38.4 Å². The molecule has 3 N–H and O–H groups in total. The summed E-state index contributed by atoms with van der Waals surface area (Å²) in [7, 11) is 0. The Hall–Kier alpha value is -2.77. The number of hydrogen-bond donors (Lipinski definition) is 3. The molecule has 8 heteroatoms. The Morgan fingerprint density at radius 2 is 2.04 bits per heavy atom. The van der Waals surface area contributed by atoms with Crippen LogP contribution < -0.4 is 5.32 Å². The average Bonchev–Trinajstić information content (AvgIpc) is 3.25. The van der Waals surface area contributed by atoms with E-state index in [-0.39, 0.29) is 5.56 Å². The van der Waals surface area contributed by atoms with E-state index in [2.05, 4.69) is 34.1 Å². The fraction of sp³-hybridized carbons (Fsp3) is 0.333. The Morgan fingerprint density at radius 3 is 2.73 bits per heavy atom. The minimum atomic E-state index is -4.49. The summed E-state index contributed by atoms with van der Waals surface area (Å²) < 4.78 is 39.5. The highest BCUT2D eigenvalue weighted by Gasteiger charge is 2.37. The lowest BCUT2D eigenvalue weighted by molar-refractivity contribution is -0.141.